The number of nitrogens with one attached hydrogen (secondary N) is 1. The van der Waals surface area contributed by atoms with E-state index in [0.29, 0.717) is 30.3 Å². The van der Waals surface area contributed by atoms with E-state index in [1.165, 1.54) is 0 Å². The molecule has 0 spiro atoms. The summed E-state index contributed by atoms with van der Waals surface area (Å²) < 4.78 is 5.71. The predicted octanol–water partition coefficient (Wildman–Crippen LogP) is 3.67. The van der Waals surface area contributed by atoms with Crippen molar-refractivity contribution in [2.45, 2.75) is 38.3 Å². The van der Waals surface area contributed by atoms with E-state index in [4.69, 9.17) is 16.3 Å². The molecule has 1 saturated heterocycles. The van der Waals surface area contributed by atoms with E-state index >= 15 is 0 Å². The molecule has 1 unspecified atom stereocenters. The lowest BCUT2D eigenvalue weighted by atomic mass is 10.1. The molecule has 1 aliphatic heterocycles. The number of benzene rings is 1. The van der Waals surface area contributed by atoms with Crippen molar-refractivity contribution in [2.24, 2.45) is 0 Å². The normalized spacial score (nSPS) is 17.1. The van der Waals surface area contributed by atoms with Crippen LogP contribution >= 0.6 is 11.6 Å². The van der Waals surface area contributed by atoms with Crippen LogP contribution in [0.15, 0.2) is 48.7 Å². The number of carbonyl (C=O) groups excluding carboxylic acids is 1. The van der Waals surface area contributed by atoms with E-state index < -0.39 is 0 Å². The Labute approximate surface area is 165 Å². The molecule has 1 aliphatic rings. The maximum atomic E-state index is 13.0. The molecule has 27 heavy (non-hydrogen) atoms. The van der Waals surface area contributed by atoms with E-state index in [9.17, 15) is 4.79 Å². The van der Waals surface area contributed by atoms with Gasteiger partial charge in [0.25, 0.3) is 0 Å². The van der Waals surface area contributed by atoms with Crippen LogP contribution in [0, 0.1) is 0 Å². The van der Waals surface area contributed by atoms with Crippen LogP contribution in [0.25, 0.3) is 0 Å². The summed E-state index contributed by atoms with van der Waals surface area (Å²) in [5.74, 6) is 0.710. The van der Waals surface area contributed by atoms with Crippen LogP contribution in [0.2, 0.25) is 5.02 Å². The topological polar surface area (TPSA) is 54.5 Å². The number of hydrogen-bond acceptors (Lipinski definition) is 4. The first-order chi connectivity index (χ1) is 13.2. The molecule has 0 bridgehead atoms. The molecule has 2 aromatic rings. The molecule has 0 saturated carbocycles. The third-order valence-electron chi connectivity index (χ3n) is 4.77. The largest absolute Gasteiger partial charge is 0.491 e. The summed E-state index contributed by atoms with van der Waals surface area (Å²) in [4.78, 5) is 19.4. The molecule has 5 nitrogen and oxygen atoms in total. The first-order valence-electron chi connectivity index (χ1n) is 9.51. The molecule has 3 rings (SSSR count). The van der Waals surface area contributed by atoms with E-state index in [-0.39, 0.29) is 11.9 Å². The Morgan fingerprint density at radius 2 is 2.04 bits per heavy atom. The first kappa shape index (κ1) is 19.6. The molecule has 144 valence electrons. The average Bonchev–Trinajstić information content (AvgIpc) is 2.97. The second kappa shape index (κ2) is 10.3. The maximum Gasteiger partial charge on any atom is 0.226 e. The smallest absolute Gasteiger partial charge is 0.226 e. The van der Waals surface area contributed by atoms with Gasteiger partial charge in [-0.1, -0.05) is 29.8 Å². The van der Waals surface area contributed by atoms with Crippen LogP contribution in [0.4, 0.5) is 0 Å². The Bertz CT molecular complexity index is 718. The van der Waals surface area contributed by atoms with E-state index in [1.807, 2.05) is 41.3 Å². The fraction of sp³-hybridized carbons (Fsp3) is 0.429. The van der Waals surface area contributed by atoms with Crippen molar-refractivity contribution in [3.63, 3.8) is 0 Å². The molecule has 1 aromatic carbocycles. The summed E-state index contributed by atoms with van der Waals surface area (Å²) in [5, 5.41) is 3.97. The zero-order valence-electron chi connectivity index (χ0n) is 15.4. The molecule has 1 aromatic heterocycles. The number of halogens is 1. The van der Waals surface area contributed by atoms with Gasteiger partial charge in [0.15, 0.2) is 0 Å². The number of aromatic nitrogens is 1. The minimum absolute atomic E-state index is 0.0969. The number of nitrogens with zero attached hydrogens (tertiary/aromatic N) is 2. The summed E-state index contributed by atoms with van der Waals surface area (Å²) in [6.45, 7) is 2.80. The molecular weight excluding hydrogens is 362 g/mol. The third-order valence-corrected chi connectivity index (χ3v) is 5.09. The van der Waals surface area contributed by atoms with Gasteiger partial charge >= 0.3 is 0 Å². The van der Waals surface area contributed by atoms with Crippen molar-refractivity contribution < 1.29 is 9.53 Å². The lowest BCUT2D eigenvalue weighted by Gasteiger charge is -2.31. The summed E-state index contributed by atoms with van der Waals surface area (Å²) in [5.41, 5.74) is 0.912. The Morgan fingerprint density at radius 1 is 1.19 bits per heavy atom. The molecule has 1 fully saturated rings. The zero-order valence-corrected chi connectivity index (χ0v) is 16.2. The lowest BCUT2D eigenvalue weighted by molar-refractivity contribution is -0.135. The molecular formula is C21H26ClN3O2. The van der Waals surface area contributed by atoms with Gasteiger partial charge in [0.2, 0.25) is 5.91 Å². The van der Waals surface area contributed by atoms with Gasteiger partial charge in [0.1, 0.15) is 5.75 Å². The maximum absolute atomic E-state index is 13.0. The number of amides is 1. The third kappa shape index (κ3) is 5.94. The number of hydrogen-bond donors (Lipinski definition) is 1. The fourth-order valence-corrected chi connectivity index (χ4v) is 3.54. The van der Waals surface area contributed by atoms with Gasteiger partial charge in [-0.3, -0.25) is 9.78 Å². The monoisotopic (exact) mass is 387 g/mol. The predicted molar refractivity (Wildman–Crippen MR) is 107 cm³/mol. The Morgan fingerprint density at radius 3 is 2.85 bits per heavy atom. The number of carbonyl (C=O) groups is 1. The zero-order chi connectivity index (χ0) is 18.9. The SMILES string of the molecule is O=C(CCOc1ccccc1Cl)N(Cc1ccccn1)C1CCCNCC1. The van der Waals surface area contributed by atoms with Crippen LogP contribution in [-0.2, 0) is 11.3 Å². The summed E-state index contributed by atoms with van der Waals surface area (Å²) >= 11 is 6.11. The highest BCUT2D eigenvalue weighted by molar-refractivity contribution is 6.32. The van der Waals surface area contributed by atoms with Crippen molar-refractivity contribution in [2.75, 3.05) is 19.7 Å². The highest BCUT2D eigenvalue weighted by Gasteiger charge is 2.25. The van der Waals surface area contributed by atoms with E-state index in [0.717, 1.165) is 38.0 Å². The highest BCUT2D eigenvalue weighted by atomic mass is 35.5. The number of ether oxygens (including phenoxy) is 1. The Kier molecular flexibility index (Phi) is 7.48. The van der Waals surface area contributed by atoms with Gasteiger partial charge < -0.3 is 15.0 Å². The standard InChI is InChI=1S/C21H26ClN3O2/c22-19-8-1-2-9-20(19)27-15-11-21(26)25(16-17-6-3-4-13-24-17)18-7-5-12-23-14-10-18/h1-4,6,8-9,13,18,23H,5,7,10-12,14-16H2. The van der Waals surface area contributed by atoms with Gasteiger partial charge in [-0.15, -0.1) is 0 Å². The minimum Gasteiger partial charge on any atom is -0.491 e. The van der Waals surface area contributed by atoms with Gasteiger partial charge in [-0.2, -0.15) is 0 Å². The van der Waals surface area contributed by atoms with Crippen LogP contribution in [0.1, 0.15) is 31.4 Å². The summed E-state index contributed by atoms with van der Waals surface area (Å²) in [7, 11) is 0. The lowest BCUT2D eigenvalue weighted by Crippen LogP contribution is -2.41. The Balaban J connectivity index is 1.63. The summed E-state index contributed by atoms with van der Waals surface area (Å²) in [6, 6.07) is 13.4. The van der Waals surface area contributed by atoms with Gasteiger partial charge in [0, 0.05) is 12.2 Å². The Hall–Kier alpha value is -2.11. The second-order valence-corrected chi connectivity index (χ2v) is 7.11. The average molecular weight is 388 g/mol. The number of rotatable bonds is 7. The quantitative estimate of drug-likeness (QED) is 0.787. The van der Waals surface area contributed by atoms with E-state index in [2.05, 4.69) is 10.3 Å². The second-order valence-electron chi connectivity index (χ2n) is 6.71. The summed E-state index contributed by atoms with van der Waals surface area (Å²) in [6.07, 6.45) is 5.14. The van der Waals surface area contributed by atoms with Crippen LogP contribution < -0.4 is 10.1 Å². The van der Waals surface area contributed by atoms with Gasteiger partial charge in [-0.25, -0.2) is 0 Å². The molecule has 1 N–H and O–H groups in total. The van der Waals surface area contributed by atoms with E-state index in [1.54, 1.807) is 12.3 Å². The fourth-order valence-electron chi connectivity index (χ4n) is 3.35. The van der Waals surface area contributed by atoms with Crippen molar-refractivity contribution in [1.29, 1.82) is 0 Å². The molecule has 2 heterocycles. The van der Waals surface area contributed by atoms with Gasteiger partial charge in [-0.05, 0) is 56.6 Å². The minimum atomic E-state index is 0.0969. The molecule has 0 aliphatic carbocycles. The molecule has 1 atom stereocenters. The van der Waals surface area contributed by atoms with Gasteiger partial charge in [0.05, 0.1) is 30.3 Å². The number of para-hydroxylation sites is 1. The van der Waals surface area contributed by atoms with Crippen molar-refractivity contribution >= 4 is 17.5 Å². The van der Waals surface area contributed by atoms with Crippen LogP contribution in [0.5, 0.6) is 5.75 Å². The van der Waals surface area contributed by atoms with Crippen molar-refractivity contribution in [1.82, 2.24) is 15.2 Å². The van der Waals surface area contributed by atoms with Crippen LogP contribution in [-0.4, -0.2) is 41.5 Å². The van der Waals surface area contributed by atoms with Crippen molar-refractivity contribution in [3.05, 3.63) is 59.4 Å². The number of pyridine rings is 1. The molecule has 0 radical (unpaired) electrons. The first-order valence-corrected chi connectivity index (χ1v) is 9.89. The highest BCUT2D eigenvalue weighted by Crippen LogP contribution is 2.23. The molecule has 6 heteroatoms. The van der Waals surface area contributed by atoms with Crippen LogP contribution in [0.3, 0.4) is 0 Å². The van der Waals surface area contributed by atoms with Crippen molar-refractivity contribution in [3.8, 4) is 5.75 Å². The molecule has 1 amide bonds.